The molecule has 0 saturated carbocycles. The third-order valence-electron chi connectivity index (χ3n) is 5.38. The smallest absolute Gasteiger partial charge is 0.435 e. The quantitative estimate of drug-likeness (QED) is 0.739. The van der Waals surface area contributed by atoms with E-state index in [2.05, 4.69) is 10.00 Å². The highest BCUT2D eigenvalue weighted by atomic mass is 19.4. The summed E-state index contributed by atoms with van der Waals surface area (Å²) in [5.74, 6) is 1.44. The zero-order valence-electron chi connectivity index (χ0n) is 16.6. The molecule has 0 atom stereocenters. The Hall–Kier alpha value is -2.75. The van der Waals surface area contributed by atoms with Crippen LogP contribution in [0.5, 0.6) is 11.5 Å². The Bertz CT molecular complexity index is 921. The summed E-state index contributed by atoms with van der Waals surface area (Å²) < 4.78 is 50.3. The molecular formula is C20H23F3N4O3. The van der Waals surface area contributed by atoms with E-state index < -0.39 is 11.9 Å². The first-order valence-electron chi connectivity index (χ1n) is 9.80. The maximum Gasteiger partial charge on any atom is 0.435 e. The molecule has 0 bridgehead atoms. The third kappa shape index (κ3) is 4.53. The molecule has 1 aromatic heterocycles. The maximum atomic E-state index is 12.8. The number of alkyl halides is 3. The first-order chi connectivity index (χ1) is 14.3. The van der Waals surface area contributed by atoms with E-state index in [0.29, 0.717) is 18.8 Å². The van der Waals surface area contributed by atoms with Gasteiger partial charge in [-0.2, -0.15) is 18.3 Å². The van der Waals surface area contributed by atoms with Crippen molar-refractivity contribution in [1.82, 2.24) is 19.6 Å². The fourth-order valence-electron chi connectivity index (χ4n) is 3.69. The van der Waals surface area contributed by atoms with Crippen molar-refractivity contribution >= 4 is 5.91 Å². The molecule has 162 valence electrons. The van der Waals surface area contributed by atoms with E-state index in [1.807, 2.05) is 18.2 Å². The van der Waals surface area contributed by atoms with Crippen molar-refractivity contribution in [1.29, 1.82) is 0 Å². The lowest BCUT2D eigenvalue weighted by atomic mass is 10.1. The molecule has 4 rings (SSSR count). The maximum absolute atomic E-state index is 12.8. The molecular weight excluding hydrogens is 401 g/mol. The average Bonchev–Trinajstić information content (AvgIpc) is 3.32. The minimum Gasteiger partial charge on any atom is -0.454 e. The van der Waals surface area contributed by atoms with Gasteiger partial charge >= 0.3 is 6.18 Å². The number of nitrogens with zero attached hydrogens (tertiary/aromatic N) is 4. The van der Waals surface area contributed by atoms with Gasteiger partial charge in [0.05, 0.1) is 0 Å². The molecule has 2 aliphatic rings. The van der Waals surface area contributed by atoms with Gasteiger partial charge in [0.1, 0.15) is 0 Å². The van der Waals surface area contributed by atoms with E-state index in [9.17, 15) is 18.0 Å². The Balaban J connectivity index is 1.25. The van der Waals surface area contributed by atoms with E-state index in [1.54, 1.807) is 11.8 Å². The van der Waals surface area contributed by atoms with Crippen molar-refractivity contribution in [2.24, 2.45) is 0 Å². The minimum absolute atomic E-state index is 0.0683. The predicted molar refractivity (Wildman–Crippen MR) is 101 cm³/mol. The van der Waals surface area contributed by atoms with Gasteiger partial charge in [-0.3, -0.25) is 14.4 Å². The van der Waals surface area contributed by atoms with Crippen LogP contribution in [0.25, 0.3) is 0 Å². The minimum atomic E-state index is -4.48. The van der Waals surface area contributed by atoms with E-state index >= 15 is 0 Å². The monoisotopic (exact) mass is 424 g/mol. The van der Waals surface area contributed by atoms with Gasteiger partial charge in [-0.25, -0.2) is 0 Å². The highest BCUT2D eigenvalue weighted by Gasteiger charge is 2.34. The van der Waals surface area contributed by atoms with Crippen LogP contribution in [0.4, 0.5) is 13.2 Å². The summed E-state index contributed by atoms with van der Waals surface area (Å²) in [7, 11) is 0. The van der Waals surface area contributed by atoms with E-state index in [0.717, 1.165) is 42.8 Å². The molecule has 0 aliphatic carbocycles. The summed E-state index contributed by atoms with van der Waals surface area (Å²) >= 11 is 0. The van der Waals surface area contributed by atoms with Crippen LogP contribution in [0.1, 0.15) is 23.4 Å². The van der Waals surface area contributed by atoms with Crippen LogP contribution >= 0.6 is 0 Å². The highest BCUT2D eigenvalue weighted by Crippen LogP contribution is 2.33. The normalized spacial score (nSPS) is 16.9. The van der Waals surface area contributed by atoms with E-state index in [-0.39, 0.29) is 25.7 Å². The summed E-state index contributed by atoms with van der Waals surface area (Å²) in [6.07, 6.45) is -4.35. The number of hydrogen-bond acceptors (Lipinski definition) is 5. The fraction of sp³-hybridized carbons (Fsp3) is 0.500. The molecule has 0 unspecified atom stereocenters. The molecule has 2 aromatic rings. The molecule has 3 heterocycles. The lowest BCUT2D eigenvalue weighted by molar-refractivity contribution is -0.141. The number of fused-ring (bicyclic) bond motifs is 1. The van der Waals surface area contributed by atoms with Gasteiger partial charge < -0.3 is 14.4 Å². The number of piperazine rings is 1. The Labute approximate surface area is 172 Å². The molecule has 10 heteroatoms. The number of ether oxygens (including phenoxy) is 2. The van der Waals surface area contributed by atoms with Gasteiger partial charge in [-0.05, 0) is 30.7 Å². The molecule has 1 saturated heterocycles. The second-order valence-corrected chi connectivity index (χ2v) is 7.49. The lowest BCUT2D eigenvalue weighted by Gasteiger charge is -2.34. The van der Waals surface area contributed by atoms with Gasteiger partial charge in [0.25, 0.3) is 0 Å². The van der Waals surface area contributed by atoms with Crippen molar-refractivity contribution in [3.63, 3.8) is 0 Å². The summed E-state index contributed by atoms with van der Waals surface area (Å²) in [6.45, 7) is 5.35. The van der Waals surface area contributed by atoms with Gasteiger partial charge in [0.2, 0.25) is 12.7 Å². The number of carbonyl (C=O) groups is 1. The van der Waals surface area contributed by atoms with Gasteiger partial charge in [-0.15, -0.1) is 0 Å². The van der Waals surface area contributed by atoms with E-state index in [1.165, 1.54) is 4.68 Å². The lowest BCUT2D eigenvalue weighted by Crippen LogP contribution is -2.48. The Morgan fingerprint density at radius 3 is 2.53 bits per heavy atom. The van der Waals surface area contributed by atoms with Crippen LogP contribution in [0, 0.1) is 6.92 Å². The van der Waals surface area contributed by atoms with Gasteiger partial charge in [-0.1, -0.05) is 6.07 Å². The average molecular weight is 424 g/mol. The van der Waals surface area contributed by atoms with Crippen molar-refractivity contribution in [2.45, 2.75) is 32.6 Å². The van der Waals surface area contributed by atoms with Crippen molar-refractivity contribution < 1.29 is 27.4 Å². The van der Waals surface area contributed by atoms with Gasteiger partial charge in [0, 0.05) is 51.4 Å². The summed E-state index contributed by atoms with van der Waals surface area (Å²) in [6, 6.07) is 6.88. The van der Waals surface area contributed by atoms with Crippen LogP contribution in [-0.4, -0.2) is 58.5 Å². The number of carbonyl (C=O) groups excluding carboxylic acids is 1. The SMILES string of the molecule is Cc1cc(C(F)(F)F)nn1CCC(=O)N1CCN(Cc2ccc3c(c2)OCO3)CC1. The highest BCUT2D eigenvalue weighted by molar-refractivity contribution is 5.76. The van der Waals surface area contributed by atoms with Crippen LogP contribution in [0.3, 0.4) is 0 Å². The van der Waals surface area contributed by atoms with Crippen molar-refractivity contribution in [3.05, 3.63) is 41.2 Å². The number of rotatable bonds is 5. The molecule has 1 amide bonds. The number of halogens is 3. The summed E-state index contributed by atoms with van der Waals surface area (Å²) in [5, 5.41) is 3.58. The van der Waals surface area contributed by atoms with Crippen LogP contribution in [0.2, 0.25) is 0 Å². The first kappa shape index (κ1) is 20.5. The first-order valence-corrected chi connectivity index (χ1v) is 9.80. The molecule has 0 radical (unpaired) electrons. The third-order valence-corrected chi connectivity index (χ3v) is 5.38. The number of hydrogen-bond donors (Lipinski definition) is 0. The van der Waals surface area contributed by atoms with Crippen molar-refractivity contribution in [2.75, 3.05) is 33.0 Å². The second kappa shape index (κ2) is 8.17. The van der Waals surface area contributed by atoms with Crippen LogP contribution < -0.4 is 9.47 Å². The Morgan fingerprint density at radius 1 is 1.10 bits per heavy atom. The molecule has 0 spiro atoms. The molecule has 1 aromatic carbocycles. The topological polar surface area (TPSA) is 59.8 Å². The zero-order chi connectivity index (χ0) is 21.3. The van der Waals surface area contributed by atoms with Crippen LogP contribution in [0.15, 0.2) is 24.3 Å². The molecule has 2 aliphatic heterocycles. The molecule has 7 nitrogen and oxygen atoms in total. The number of aromatic nitrogens is 2. The largest absolute Gasteiger partial charge is 0.454 e. The Kier molecular flexibility index (Phi) is 5.59. The predicted octanol–water partition coefficient (Wildman–Crippen LogP) is 2.67. The van der Waals surface area contributed by atoms with Crippen molar-refractivity contribution in [3.8, 4) is 11.5 Å². The summed E-state index contributed by atoms with van der Waals surface area (Å²) in [4.78, 5) is 16.5. The Morgan fingerprint density at radius 2 is 1.83 bits per heavy atom. The molecule has 0 N–H and O–H groups in total. The number of benzene rings is 1. The summed E-state index contributed by atoms with van der Waals surface area (Å²) in [5.41, 5.74) is 0.585. The standard InChI is InChI=1S/C20H23F3N4O3/c1-14-10-18(20(21,22)23)24-27(14)5-4-19(28)26-8-6-25(7-9-26)12-15-2-3-16-17(11-15)30-13-29-16/h2-3,10-11H,4-9,12-13H2,1H3. The molecule has 30 heavy (non-hydrogen) atoms. The van der Waals surface area contributed by atoms with Crippen LogP contribution in [-0.2, 0) is 24.1 Å². The molecule has 1 fully saturated rings. The zero-order valence-corrected chi connectivity index (χ0v) is 16.6. The van der Waals surface area contributed by atoms with E-state index in [4.69, 9.17) is 9.47 Å². The van der Waals surface area contributed by atoms with Gasteiger partial charge in [0.15, 0.2) is 17.2 Å². The second-order valence-electron chi connectivity index (χ2n) is 7.49. The fourth-order valence-corrected chi connectivity index (χ4v) is 3.69. The number of amides is 1. The number of aryl methyl sites for hydroxylation is 2.